The zero-order chi connectivity index (χ0) is 28.6. The first-order chi connectivity index (χ1) is 18.4. The normalized spacial score (nSPS) is 16.0. The van der Waals surface area contributed by atoms with Crippen molar-refractivity contribution >= 4 is 11.8 Å². The van der Waals surface area contributed by atoms with Crippen molar-refractivity contribution in [1.82, 2.24) is 15.5 Å². The molecule has 0 spiro atoms. The first-order valence-corrected chi connectivity index (χ1v) is 12.9. The summed E-state index contributed by atoms with van der Waals surface area (Å²) in [4.78, 5) is 27.7. The smallest absolute Gasteiger partial charge is 0.419 e. The maximum Gasteiger partial charge on any atom is 0.419 e. The SMILES string of the molecule is CC(O)c1ccc(Oc2ccc(CNC(=O)C3(NC(=O)CCCN(C)C)CCOCC3)cc2)c(C(F)(F)F)c1. The summed E-state index contributed by atoms with van der Waals surface area (Å²) < 4.78 is 51.6. The molecule has 0 radical (unpaired) electrons. The third-order valence-electron chi connectivity index (χ3n) is 6.56. The molecule has 39 heavy (non-hydrogen) atoms. The molecule has 1 heterocycles. The number of nitrogens with zero attached hydrogens (tertiary/aromatic N) is 1. The third kappa shape index (κ3) is 8.67. The Labute approximate surface area is 226 Å². The largest absolute Gasteiger partial charge is 0.457 e. The number of alkyl halides is 3. The van der Waals surface area contributed by atoms with Crippen LogP contribution in [-0.4, -0.2) is 61.2 Å². The molecule has 3 rings (SSSR count). The minimum Gasteiger partial charge on any atom is -0.457 e. The van der Waals surface area contributed by atoms with Gasteiger partial charge in [-0.05, 0) is 69.4 Å². The van der Waals surface area contributed by atoms with Crippen LogP contribution in [0.25, 0.3) is 0 Å². The van der Waals surface area contributed by atoms with Crippen LogP contribution in [0.1, 0.15) is 55.4 Å². The number of carbonyl (C=O) groups excluding carboxylic acids is 2. The van der Waals surface area contributed by atoms with E-state index < -0.39 is 23.4 Å². The zero-order valence-corrected chi connectivity index (χ0v) is 22.4. The fourth-order valence-corrected chi connectivity index (χ4v) is 4.29. The van der Waals surface area contributed by atoms with Crippen LogP contribution in [-0.2, 0) is 27.0 Å². The minimum atomic E-state index is -4.66. The number of halogens is 3. The summed E-state index contributed by atoms with van der Waals surface area (Å²) in [6.07, 6.45) is -4.00. The summed E-state index contributed by atoms with van der Waals surface area (Å²) in [5.41, 5.74) is -1.20. The van der Waals surface area contributed by atoms with Gasteiger partial charge < -0.3 is 30.1 Å². The first kappa shape index (κ1) is 30.4. The standard InChI is InChI=1S/C28H36F3N3O5/c1-19(35)21-8-11-24(23(17-21)28(29,30)31)39-22-9-6-20(7-10-22)18-32-26(37)27(12-15-38-16-13-27)33-25(36)5-4-14-34(2)3/h6-11,17,19,35H,4-5,12-16,18H2,1-3H3,(H,32,37)(H,33,36). The van der Waals surface area contributed by atoms with Gasteiger partial charge >= 0.3 is 6.18 Å². The molecule has 1 aliphatic heterocycles. The molecule has 1 aliphatic rings. The van der Waals surface area contributed by atoms with Crippen molar-refractivity contribution in [2.24, 2.45) is 0 Å². The molecule has 2 amide bonds. The van der Waals surface area contributed by atoms with Crippen LogP contribution in [0.4, 0.5) is 13.2 Å². The topological polar surface area (TPSA) is 100 Å². The number of carbonyl (C=O) groups is 2. The van der Waals surface area contributed by atoms with E-state index in [1.807, 2.05) is 19.0 Å². The Bertz CT molecular complexity index is 1110. The number of rotatable bonds is 11. The van der Waals surface area contributed by atoms with Gasteiger partial charge in [-0.3, -0.25) is 9.59 Å². The van der Waals surface area contributed by atoms with E-state index in [9.17, 15) is 27.9 Å². The summed E-state index contributed by atoms with van der Waals surface area (Å²) in [7, 11) is 3.86. The van der Waals surface area contributed by atoms with E-state index in [4.69, 9.17) is 9.47 Å². The monoisotopic (exact) mass is 551 g/mol. The second-order valence-corrected chi connectivity index (χ2v) is 10.0. The van der Waals surface area contributed by atoms with Crippen molar-refractivity contribution in [2.45, 2.75) is 57.0 Å². The Morgan fingerprint density at radius 3 is 2.38 bits per heavy atom. The summed E-state index contributed by atoms with van der Waals surface area (Å²) in [6, 6.07) is 9.75. The molecule has 0 aliphatic carbocycles. The molecular weight excluding hydrogens is 515 g/mol. The predicted octanol–water partition coefficient (Wildman–Crippen LogP) is 4.17. The summed E-state index contributed by atoms with van der Waals surface area (Å²) in [6.45, 7) is 3.03. The van der Waals surface area contributed by atoms with Crippen LogP contribution in [0.15, 0.2) is 42.5 Å². The van der Waals surface area contributed by atoms with E-state index in [1.54, 1.807) is 12.1 Å². The number of nitrogens with one attached hydrogen (secondary N) is 2. The second-order valence-electron chi connectivity index (χ2n) is 10.0. The number of aliphatic hydroxyl groups excluding tert-OH is 1. The number of hydrogen-bond acceptors (Lipinski definition) is 6. The quantitative estimate of drug-likeness (QED) is 0.388. The van der Waals surface area contributed by atoms with E-state index >= 15 is 0 Å². The summed E-state index contributed by atoms with van der Waals surface area (Å²) >= 11 is 0. The van der Waals surface area contributed by atoms with Crippen molar-refractivity contribution in [3.8, 4) is 11.5 Å². The van der Waals surface area contributed by atoms with Gasteiger partial charge in [-0.1, -0.05) is 18.2 Å². The molecule has 1 saturated heterocycles. The molecule has 1 fully saturated rings. The summed E-state index contributed by atoms with van der Waals surface area (Å²) in [5, 5.41) is 15.4. The van der Waals surface area contributed by atoms with Crippen molar-refractivity contribution in [3.63, 3.8) is 0 Å². The molecule has 1 atom stereocenters. The Morgan fingerprint density at radius 1 is 1.13 bits per heavy atom. The van der Waals surface area contributed by atoms with Crippen LogP contribution in [0, 0.1) is 0 Å². The van der Waals surface area contributed by atoms with Crippen LogP contribution in [0.2, 0.25) is 0 Å². The van der Waals surface area contributed by atoms with Crippen molar-refractivity contribution < 1.29 is 37.3 Å². The fourth-order valence-electron chi connectivity index (χ4n) is 4.29. The maximum atomic E-state index is 13.6. The Morgan fingerprint density at radius 2 is 1.79 bits per heavy atom. The molecule has 0 saturated carbocycles. The van der Waals surface area contributed by atoms with Gasteiger partial charge in [-0.2, -0.15) is 13.2 Å². The molecule has 1 unspecified atom stereocenters. The minimum absolute atomic E-state index is 0.132. The van der Waals surface area contributed by atoms with Gasteiger partial charge in [0, 0.05) is 39.0 Å². The summed E-state index contributed by atoms with van der Waals surface area (Å²) in [5.74, 6) is -0.683. The Kier molecular flexibility index (Phi) is 10.3. The average Bonchev–Trinajstić information content (AvgIpc) is 2.87. The van der Waals surface area contributed by atoms with E-state index in [1.165, 1.54) is 31.2 Å². The lowest BCUT2D eigenvalue weighted by Gasteiger charge is -2.36. The van der Waals surface area contributed by atoms with Gasteiger partial charge in [0.25, 0.3) is 0 Å². The van der Waals surface area contributed by atoms with Gasteiger partial charge in [0.05, 0.1) is 11.7 Å². The molecule has 0 bridgehead atoms. The maximum absolute atomic E-state index is 13.6. The van der Waals surface area contributed by atoms with Crippen LogP contribution in [0.3, 0.4) is 0 Å². The Hall–Kier alpha value is -3.15. The molecule has 8 nitrogen and oxygen atoms in total. The highest BCUT2D eigenvalue weighted by Gasteiger charge is 2.41. The number of amides is 2. The lowest BCUT2D eigenvalue weighted by atomic mass is 9.88. The van der Waals surface area contributed by atoms with Crippen LogP contribution >= 0.6 is 0 Å². The van der Waals surface area contributed by atoms with Gasteiger partial charge in [-0.15, -0.1) is 0 Å². The second kappa shape index (κ2) is 13.3. The van der Waals surface area contributed by atoms with Gasteiger partial charge in [0.2, 0.25) is 11.8 Å². The van der Waals surface area contributed by atoms with E-state index in [-0.39, 0.29) is 35.4 Å². The Balaban J connectivity index is 1.63. The third-order valence-corrected chi connectivity index (χ3v) is 6.56. The lowest BCUT2D eigenvalue weighted by Crippen LogP contribution is -2.61. The predicted molar refractivity (Wildman–Crippen MR) is 139 cm³/mol. The molecule has 3 N–H and O–H groups in total. The van der Waals surface area contributed by atoms with E-state index in [0.29, 0.717) is 44.5 Å². The highest BCUT2D eigenvalue weighted by atomic mass is 19.4. The highest BCUT2D eigenvalue weighted by Crippen LogP contribution is 2.39. The molecular formula is C28H36F3N3O5. The molecule has 0 aromatic heterocycles. The van der Waals surface area contributed by atoms with Gasteiger partial charge in [-0.25, -0.2) is 0 Å². The highest BCUT2D eigenvalue weighted by molar-refractivity contribution is 5.91. The first-order valence-electron chi connectivity index (χ1n) is 12.9. The van der Waals surface area contributed by atoms with Crippen LogP contribution < -0.4 is 15.4 Å². The lowest BCUT2D eigenvalue weighted by molar-refractivity contribution is -0.138. The van der Waals surface area contributed by atoms with E-state index in [0.717, 1.165) is 12.6 Å². The molecule has 2 aromatic rings. The average molecular weight is 552 g/mol. The molecule has 11 heteroatoms. The van der Waals surface area contributed by atoms with E-state index in [2.05, 4.69) is 10.6 Å². The van der Waals surface area contributed by atoms with Crippen molar-refractivity contribution in [1.29, 1.82) is 0 Å². The number of aliphatic hydroxyl groups is 1. The van der Waals surface area contributed by atoms with Crippen LogP contribution in [0.5, 0.6) is 11.5 Å². The van der Waals surface area contributed by atoms with Gasteiger partial charge in [0.1, 0.15) is 17.0 Å². The van der Waals surface area contributed by atoms with Crippen molar-refractivity contribution in [2.75, 3.05) is 33.9 Å². The fraction of sp³-hybridized carbons (Fsp3) is 0.500. The number of hydrogen-bond donors (Lipinski definition) is 3. The zero-order valence-electron chi connectivity index (χ0n) is 22.4. The van der Waals surface area contributed by atoms with Gasteiger partial charge in [0.15, 0.2) is 0 Å². The number of ether oxygens (including phenoxy) is 2. The molecule has 2 aromatic carbocycles. The van der Waals surface area contributed by atoms with Crippen molar-refractivity contribution in [3.05, 3.63) is 59.2 Å². The molecule has 214 valence electrons. The number of benzene rings is 2.